The number of carbonyl (C=O) groups is 1. The van der Waals surface area contributed by atoms with E-state index in [1.165, 1.54) is 5.06 Å². The Hall–Kier alpha value is -2.46. The maximum absolute atomic E-state index is 12.5. The fourth-order valence-corrected chi connectivity index (χ4v) is 2.05. The van der Waals surface area contributed by atoms with Gasteiger partial charge >= 0.3 is 12.1 Å². The van der Waals surface area contributed by atoms with Crippen LogP contribution in [0.15, 0.2) is 28.8 Å². The molecule has 0 aliphatic heterocycles. The summed E-state index contributed by atoms with van der Waals surface area (Å²) in [5.41, 5.74) is 1.08. The molecular formula is C17H20F3N3O4. The summed E-state index contributed by atoms with van der Waals surface area (Å²) < 4.78 is 46.9. The fraction of sp³-hybridized carbons (Fsp3) is 0.471. The molecule has 27 heavy (non-hydrogen) atoms. The molecule has 0 atom stereocenters. The van der Waals surface area contributed by atoms with Crippen molar-refractivity contribution < 1.29 is 32.1 Å². The molecule has 0 N–H and O–H groups in total. The Kier molecular flexibility index (Phi) is 7.31. The van der Waals surface area contributed by atoms with Crippen molar-refractivity contribution >= 4 is 5.91 Å². The van der Waals surface area contributed by atoms with Crippen molar-refractivity contribution in [2.75, 3.05) is 19.8 Å². The SMILES string of the molecule is CCCON(Cc1ccc(-c2noc(C(F)(F)F)n2)cc1)C(=O)COCC. The zero-order valence-electron chi connectivity index (χ0n) is 15.0. The number of hydroxylamine groups is 2. The first-order chi connectivity index (χ1) is 12.8. The normalized spacial score (nSPS) is 11.6. The molecule has 10 heteroatoms. The van der Waals surface area contributed by atoms with Gasteiger partial charge in [-0.15, -0.1) is 0 Å². The lowest BCUT2D eigenvalue weighted by Gasteiger charge is -2.21. The van der Waals surface area contributed by atoms with Gasteiger partial charge in [-0.05, 0) is 18.9 Å². The van der Waals surface area contributed by atoms with Gasteiger partial charge in [0, 0.05) is 12.2 Å². The molecule has 0 fully saturated rings. The van der Waals surface area contributed by atoms with E-state index in [9.17, 15) is 18.0 Å². The van der Waals surface area contributed by atoms with Crippen LogP contribution in [0.2, 0.25) is 0 Å². The standard InChI is InChI=1S/C17H20F3N3O4/c1-3-9-26-23(14(24)11-25-4-2)10-12-5-7-13(8-6-12)15-21-16(27-22-15)17(18,19)20/h5-8H,3-4,9-11H2,1-2H3. The van der Waals surface area contributed by atoms with Gasteiger partial charge in [0.2, 0.25) is 5.82 Å². The third-order valence-electron chi connectivity index (χ3n) is 3.37. The first-order valence-corrected chi connectivity index (χ1v) is 8.36. The molecule has 0 aliphatic carbocycles. The molecule has 148 valence electrons. The Morgan fingerprint density at radius 3 is 2.48 bits per heavy atom. The van der Waals surface area contributed by atoms with E-state index in [2.05, 4.69) is 14.7 Å². The molecule has 0 aliphatic rings. The van der Waals surface area contributed by atoms with Crippen LogP contribution in [-0.4, -0.2) is 40.9 Å². The highest BCUT2D eigenvalue weighted by Gasteiger charge is 2.38. The molecule has 1 aromatic carbocycles. The van der Waals surface area contributed by atoms with Gasteiger partial charge in [0.05, 0.1) is 13.2 Å². The third kappa shape index (κ3) is 6.04. The van der Waals surface area contributed by atoms with E-state index in [-0.39, 0.29) is 24.9 Å². The zero-order valence-corrected chi connectivity index (χ0v) is 15.0. The van der Waals surface area contributed by atoms with Gasteiger partial charge in [-0.3, -0.25) is 9.63 Å². The molecule has 0 unspecified atom stereocenters. The average molecular weight is 387 g/mol. The number of ether oxygens (including phenoxy) is 1. The molecule has 0 spiro atoms. The van der Waals surface area contributed by atoms with Crippen molar-refractivity contribution in [1.82, 2.24) is 15.2 Å². The van der Waals surface area contributed by atoms with Crippen LogP contribution in [0.3, 0.4) is 0 Å². The summed E-state index contributed by atoms with van der Waals surface area (Å²) in [4.78, 5) is 20.9. The van der Waals surface area contributed by atoms with E-state index >= 15 is 0 Å². The number of benzene rings is 1. The van der Waals surface area contributed by atoms with Gasteiger partial charge in [0.15, 0.2) is 0 Å². The quantitative estimate of drug-likeness (QED) is 0.613. The van der Waals surface area contributed by atoms with Gasteiger partial charge in [0.25, 0.3) is 5.91 Å². The summed E-state index contributed by atoms with van der Waals surface area (Å²) >= 11 is 0. The Labute approximate surface area is 154 Å². The molecule has 1 amide bonds. The van der Waals surface area contributed by atoms with Crippen molar-refractivity contribution in [2.45, 2.75) is 33.0 Å². The molecule has 7 nitrogen and oxygen atoms in total. The Bertz CT molecular complexity index is 732. The second-order valence-electron chi connectivity index (χ2n) is 5.52. The number of nitrogens with zero attached hydrogens (tertiary/aromatic N) is 3. The van der Waals surface area contributed by atoms with Crippen LogP contribution in [0.25, 0.3) is 11.4 Å². The van der Waals surface area contributed by atoms with Crippen LogP contribution in [0.5, 0.6) is 0 Å². The topological polar surface area (TPSA) is 77.7 Å². The average Bonchev–Trinajstić information content (AvgIpc) is 3.14. The highest BCUT2D eigenvalue weighted by molar-refractivity contribution is 5.76. The minimum Gasteiger partial charge on any atom is -0.372 e. The van der Waals surface area contributed by atoms with Crippen LogP contribution < -0.4 is 0 Å². The van der Waals surface area contributed by atoms with Crippen molar-refractivity contribution in [2.24, 2.45) is 0 Å². The maximum Gasteiger partial charge on any atom is 0.471 e. The lowest BCUT2D eigenvalue weighted by molar-refractivity contribution is -0.194. The molecule has 1 aromatic heterocycles. The second kappa shape index (κ2) is 9.47. The van der Waals surface area contributed by atoms with E-state index in [0.717, 1.165) is 12.0 Å². The van der Waals surface area contributed by atoms with Crippen LogP contribution in [-0.2, 0) is 27.1 Å². The molecular weight excluding hydrogens is 367 g/mol. The van der Waals surface area contributed by atoms with Crippen molar-refractivity contribution in [3.05, 3.63) is 35.7 Å². The minimum absolute atomic E-state index is 0.0959. The number of hydrogen-bond acceptors (Lipinski definition) is 6. The van der Waals surface area contributed by atoms with Gasteiger partial charge in [-0.25, -0.2) is 5.06 Å². The summed E-state index contributed by atoms with van der Waals surface area (Å²) in [6, 6.07) is 6.39. The van der Waals surface area contributed by atoms with Gasteiger partial charge < -0.3 is 9.26 Å². The zero-order chi connectivity index (χ0) is 19.9. The number of amides is 1. The van der Waals surface area contributed by atoms with Crippen LogP contribution in [0.1, 0.15) is 31.7 Å². The van der Waals surface area contributed by atoms with E-state index in [1.54, 1.807) is 31.2 Å². The molecule has 0 radical (unpaired) electrons. The Morgan fingerprint density at radius 1 is 1.22 bits per heavy atom. The first-order valence-electron chi connectivity index (χ1n) is 8.36. The van der Waals surface area contributed by atoms with Crippen LogP contribution in [0, 0.1) is 0 Å². The summed E-state index contributed by atoms with van der Waals surface area (Å²) in [5.74, 6) is -1.88. The number of hydrogen-bond donors (Lipinski definition) is 0. The van der Waals surface area contributed by atoms with E-state index in [1.807, 2.05) is 6.92 Å². The largest absolute Gasteiger partial charge is 0.471 e. The van der Waals surface area contributed by atoms with E-state index < -0.39 is 12.1 Å². The molecule has 2 aromatic rings. The predicted octanol–water partition coefficient (Wildman–Crippen LogP) is 3.46. The molecule has 0 saturated heterocycles. The van der Waals surface area contributed by atoms with Gasteiger partial charge in [-0.2, -0.15) is 18.2 Å². The molecule has 2 rings (SSSR count). The minimum atomic E-state index is -4.69. The van der Waals surface area contributed by atoms with E-state index in [4.69, 9.17) is 9.57 Å². The van der Waals surface area contributed by atoms with Crippen molar-refractivity contribution in [3.8, 4) is 11.4 Å². The molecule has 1 heterocycles. The van der Waals surface area contributed by atoms with Crippen molar-refractivity contribution in [1.29, 1.82) is 0 Å². The number of rotatable bonds is 9. The van der Waals surface area contributed by atoms with E-state index in [0.29, 0.717) is 18.8 Å². The first kappa shape index (κ1) is 20.8. The predicted molar refractivity (Wildman–Crippen MR) is 88.0 cm³/mol. The monoisotopic (exact) mass is 387 g/mol. The van der Waals surface area contributed by atoms with Crippen LogP contribution in [0.4, 0.5) is 13.2 Å². The maximum atomic E-state index is 12.5. The lowest BCUT2D eigenvalue weighted by atomic mass is 10.1. The smallest absolute Gasteiger partial charge is 0.372 e. The summed E-state index contributed by atoms with van der Waals surface area (Å²) in [5, 5.41) is 4.55. The fourth-order valence-electron chi connectivity index (χ4n) is 2.05. The molecule has 0 saturated carbocycles. The number of halogens is 3. The van der Waals surface area contributed by atoms with Crippen LogP contribution >= 0.6 is 0 Å². The number of aromatic nitrogens is 2. The Morgan fingerprint density at radius 2 is 1.93 bits per heavy atom. The lowest BCUT2D eigenvalue weighted by Crippen LogP contribution is -2.34. The summed E-state index contributed by atoms with van der Waals surface area (Å²) in [7, 11) is 0. The summed E-state index contributed by atoms with van der Waals surface area (Å²) in [6.45, 7) is 4.56. The van der Waals surface area contributed by atoms with Gasteiger partial charge in [0.1, 0.15) is 6.61 Å². The van der Waals surface area contributed by atoms with Crippen molar-refractivity contribution in [3.63, 3.8) is 0 Å². The second-order valence-corrected chi connectivity index (χ2v) is 5.52. The third-order valence-corrected chi connectivity index (χ3v) is 3.37. The Balaban J connectivity index is 2.08. The summed E-state index contributed by atoms with van der Waals surface area (Å²) in [6.07, 6.45) is -3.96. The number of alkyl halides is 3. The number of carbonyl (C=O) groups excluding carboxylic acids is 1. The highest BCUT2D eigenvalue weighted by atomic mass is 19.4. The molecule has 0 bridgehead atoms. The van der Waals surface area contributed by atoms with Gasteiger partial charge in [-0.1, -0.05) is 36.3 Å². The highest BCUT2D eigenvalue weighted by Crippen LogP contribution is 2.29.